The lowest BCUT2D eigenvalue weighted by atomic mass is 9.96. The van der Waals surface area contributed by atoms with Gasteiger partial charge in [0.15, 0.2) is 5.11 Å². The van der Waals surface area contributed by atoms with Crippen molar-refractivity contribution in [1.29, 1.82) is 0 Å². The number of aryl methyl sites for hydroxylation is 2. The van der Waals surface area contributed by atoms with E-state index in [1.54, 1.807) is 25.3 Å². The maximum Gasteiger partial charge on any atom is 0.174 e. The number of rotatable bonds is 4. The smallest absolute Gasteiger partial charge is 0.174 e. The molecule has 2 atom stereocenters. The summed E-state index contributed by atoms with van der Waals surface area (Å²) in [5, 5.41) is 14.5. The summed E-state index contributed by atoms with van der Waals surface area (Å²) in [4.78, 5) is 6.65. The van der Waals surface area contributed by atoms with Crippen molar-refractivity contribution in [2.75, 3.05) is 4.90 Å². The Hall–Kier alpha value is -3.71. The van der Waals surface area contributed by atoms with Crippen molar-refractivity contribution in [3.05, 3.63) is 107 Å². The molecule has 2 aromatic carbocycles. The van der Waals surface area contributed by atoms with E-state index in [1.165, 1.54) is 6.07 Å². The minimum atomic E-state index is -0.252. The Balaban J connectivity index is 1.70. The van der Waals surface area contributed by atoms with E-state index >= 15 is 0 Å². The first-order chi connectivity index (χ1) is 16.4. The maximum atomic E-state index is 14.1. The van der Waals surface area contributed by atoms with E-state index in [-0.39, 0.29) is 23.7 Å². The van der Waals surface area contributed by atoms with Crippen LogP contribution in [0.4, 0.5) is 10.1 Å². The Bertz CT molecular complexity index is 1380. The Morgan fingerprint density at radius 3 is 2.47 bits per heavy atom. The van der Waals surface area contributed by atoms with E-state index in [9.17, 15) is 9.50 Å². The Kier molecular flexibility index (Phi) is 5.57. The molecule has 0 radical (unpaired) electrons. The van der Waals surface area contributed by atoms with Gasteiger partial charge in [0.05, 0.1) is 23.5 Å². The Labute approximate surface area is 203 Å². The molecule has 5 rings (SSSR count). The molecule has 1 saturated heterocycles. The molecule has 1 aliphatic rings. The van der Waals surface area contributed by atoms with Crippen LogP contribution in [0.25, 0.3) is 5.69 Å². The van der Waals surface area contributed by atoms with Gasteiger partial charge in [-0.3, -0.25) is 4.98 Å². The van der Waals surface area contributed by atoms with Crippen LogP contribution in [0.2, 0.25) is 0 Å². The topological polar surface area (TPSA) is 53.3 Å². The first-order valence-corrected chi connectivity index (χ1v) is 11.5. The number of hydrogen-bond donors (Lipinski definition) is 2. The fraction of sp³-hybridized carbons (Fsp3) is 0.185. The van der Waals surface area contributed by atoms with Gasteiger partial charge >= 0.3 is 0 Å². The molecule has 5 nitrogen and oxygen atoms in total. The van der Waals surface area contributed by atoms with Crippen LogP contribution < -0.4 is 10.2 Å². The van der Waals surface area contributed by atoms with Crippen molar-refractivity contribution < 1.29 is 9.50 Å². The number of para-hydroxylation sites is 2. The van der Waals surface area contributed by atoms with Crippen molar-refractivity contribution in [2.45, 2.75) is 32.9 Å². The highest BCUT2D eigenvalue weighted by molar-refractivity contribution is 7.80. The number of nitrogens with zero attached hydrogens (tertiary/aromatic N) is 3. The van der Waals surface area contributed by atoms with Crippen LogP contribution in [-0.2, 0) is 0 Å². The molecule has 0 spiro atoms. The van der Waals surface area contributed by atoms with Crippen molar-refractivity contribution in [2.24, 2.45) is 0 Å². The van der Waals surface area contributed by atoms with Crippen molar-refractivity contribution >= 4 is 23.0 Å². The number of aromatic nitrogens is 2. The maximum absolute atomic E-state index is 14.1. The van der Waals surface area contributed by atoms with E-state index in [0.29, 0.717) is 10.7 Å². The third kappa shape index (κ3) is 3.62. The first-order valence-electron chi connectivity index (χ1n) is 11.1. The summed E-state index contributed by atoms with van der Waals surface area (Å²) < 4.78 is 16.1. The molecule has 0 aliphatic carbocycles. The minimum absolute atomic E-state index is 0.211. The molecule has 0 amide bonds. The van der Waals surface area contributed by atoms with E-state index < -0.39 is 0 Å². The van der Waals surface area contributed by atoms with Crippen LogP contribution in [0.3, 0.4) is 0 Å². The summed E-state index contributed by atoms with van der Waals surface area (Å²) in [5.41, 5.74) is 5.97. The van der Waals surface area contributed by atoms with Gasteiger partial charge in [0.1, 0.15) is 11.6 Å². The molecule has 1 fully saturated rings. The molecule has 172 valence electrons. The number of pyridine rings is 1. The second kappa shape index (κ2) is 8.57. The lowest BCUT2D eigenvalue weighted by Crippen LogP contribution is -2.29. The normalized spacial score (nSPS) is 17.8. The third-order valence-electron chi connectivity index (χ3n) is 6.43. The van der Waals surface area contributed by atoms with Crippen molar-refractivity contribution in [3.63, 3.8) is 0 Å². The average Bonchev–Trinajstić information content (AvgIpc) is 3.32. The second-order valence-corrected chi connectivity index (χ2v) is 8.97. The molecular formula is C27H25FN4OS. The van der Waals surface area contributed by atoms with Gasteiger partial charge in [0.2, 0.25) is 0 Å². The average molecular weight is 473 g/mol. The van der Waals surface area contributed by atoms with Gasteiger partial charge in [-0.1, -0.05) is 18.2 Å². The molecule has 0 saturated carbocycles. The number of phenols is 1. The number of halogens is 1. The predicted molar refractivity (Wildman–Crippen MR) is 136 cm³/mol. The quantitative estimate of drug-likeness (QED) is 0.367. The minimum Gasteiger partial charge on any atom is -0.506 e. The zero-order chi connectivity index (χ0) is 24.0. The molecule has 0 unspecified atom stereocenters. The molecule has 2 N–H and O–H groups in total. The van der Waals surface area contributed by atoms with Gasteiger partial charge in [-0.25, -0.2) is 4.39 Å². The highest BCUT2D eigenvalue weighted by atomic mass is 32.1. The fourth-order valence-corrected chi connectivity index (χ4v) is 5.18. The second-order valence-electron chi connectivity index (χ2n) is 8.58. The number of anilines is 1. The monoisotopic (exact) mass is 472 g/mol. The zero-order valence-electron chi connectivity index (χ0n) is 19.2. The first kappa shape index (κ1) is 22.1. The van der Waals surface area contributed by atoms with Gasteiger partial charge in [-0.05, 0) is 92.6 Å². The molecule has 7 heteroatoms. The SMILES string of the molecule is Cc1cc(N2C(=S)N[C@@H](c3ccccn3)[C@H]2c2cc(C)n(-c3ccccc3O)c2C)ccc1F. The summed E-state index contributed by atoms with van der Waals surface area (Å²) >= 11 is 5.80. The number of phenolic OH excluding ortho intramolecular Hbond substituents is 1. The number of benzene rings is 2. The Morgan fingerprint density at radius 2 is 1.76 bits per heavy atom. The van der Waals surface area contributed by atoms with Gasteiger partial charge in [0, 0.05) is 23.3 Å². The molecule has 2 aromatic heterocycles. The van der Waals surface area contributed by atoms with Gasteiger partial charge < -0.3 is 19.9 Å². The van der Waals surface area contributed by atoms with Crippen LogP contribution in [0.15, 0.2) is 72.9 Å². The lowest BCUT2D eigenvalue weighted by molar-refractivity contribution is 0.471. The molecule has 0 bridgehead atoms. The summed E-state index contributed by atoms with van der Waals surface area (Å²) in [5.74, 6) is -0.0411. The summed E-state index contributed by atoms with van der Waals surface area (Å²) in [6.07, 6.45) is 1.77. The molecule has 1 aliphatic heterocycles. The van der Waals surface area contributed by atoms with E-state index in [0.717, 1.165) is 34.0 Å². The molecule has 3 heterocycles. The zero-order valence-corrected chi connectivity index (χ0v) is 20.0. The number of aromatic hydroxyl groups is 1. The van der Waals surface area contributed by atoms with E-state index in [2.05, 4.69) is 20.9 Å². The highest BCUT2D eigenvalue weighted by Gasteiger charge is 2.42. The molecule has 4 aromatic rings. The van der Waals surface area contributed by atoms with Crippen LogP contribution >= 0.6 is 12.2 Å². The van der Waals surface area contributed by atoms with Crippen LogP contribution in [0.5, 0.6) is 5.75 Å². The number of thiocarbonyl (C=S) groups is 1. The summed E-state index contributed by atoms with van der Waals surface area (Å²) in [6, 6.07) is 19.9. The molecular weight excluding hydrogens is 447 g/mol. The van der Waals surface area contributed by atoms with E-state index in [4.69, 9.17) is 12.2 Å². The van der Waals surface area contributed by atoms with Crippen LogP contribution in [-0.4, -0.2) is 19.8 Å². The van der Waals surface area contributed by atoms with Crippen molar-refractivity contribution in [3.8, 4) is 11.4 Å². The standard InChI is InChI=1S/C27H25FN4OS/c1-16-14-19(11-12-21(16)28)32-26(25(30-27(32)34)22-8-6-7-13-29-22)20-15-17(2)31(18(20)3)23-9-4-5-10-24(23)33/h4-15,25-26,33H,1-3H3,(H,30,34)/t25-,26+/m0/s1. The fourth-order valence-electron chi connectivity index (χ4n) is 4.84. The lowest BCUT2D eigenvalue weighted by Gasteiger charge is -2.28. The van der Waals surface area contributed by atoms with Crippen LogP contribution in [0.1, 0.15) is 40.3 Å². The Morgan fingerprint density at radius 1 is 1.00 bits per heavy atom. The molecule has 34 heavy (non-hydrogen) atoms. The predicted octanol–water partition coefficient (Wildman–Crippen LogP) is 5.82. The number of hydrogen-bond acceptors (Lipinski definition) is 3. The van der Waals surface area contributed by atoms with Crippen LogP contribution in [0, 0.1) is 26.6 Å². The third-order valence-corrected chi connectivity index (χ3v) is 6.74. The van der Waals surface area contributed by atoms with Gasteiger partial charge in [0.25, 0.3) is 0 Å². The highest BCUT2D eigenvalue weighted by Crippen LogP contribution is 2.44. The van der Waals surface area contributed by atoms with E-state index in [1.807, 2.05) is 61.2 Å². The number of nitrogens with one attached hydrogen (secondary N) is 1. The summed E-state index contributed by atoms with van der Waals surface area (Å²) in [7, 11) is 0. The van der Waals surface area contributed by atoms with Gasteiger partial charge in [-0.2, -0.15) is 0 Å². The van der Waals surface area contributed by atoms with Crippen molar-refractivity contribution in [1.82, 2.24) is 14.9 Å². The largest absolute Gasteiger partial charge is 0.506 e. The van der Waals surface area contributed by atoms with Gasteiger partial charge in [-0.15, -0.1) is 0 Å². The summed E-state index contributed by atoms with van der Waals surface area (Å²) in [6.45, 7) is 5.81.